The molecule has 0 spiro atoms. The lowest BCUT2D eigenvalue weighted by Crippen LogP contribution is -2.12. The van der Waals surface area contributed by atoms with Crippen LogP contribution in [0.15, 0.2) is 24.3 Å². The number of carboxylic acids is 1. The number of aromatic nitrogens is 1. The molecule has 0 bridgehead atoms. The molecule has 0 atom stereocenters. The number of benzene rings is 1. The van der Waals surface area contributed by atoms with Gasteiger partial charge in [0.25, 0.3) is 0 Å². The predicted molar refractivity (Wildman–Crippen MR) is 78.5 cm³/mol. The zero-order chi connectivity index (χ0) is 14.7. The van der Waals surface area contributed by atoms with Crippen LogP contribution in [0.2, 0.25) is 0 Å². The molecule has 1 aromatic heterocycles. The molecule has 2 rings (SSSR count). The van der Waals surface area contributed by atoms with Crippen LogP contribution in [0, 0.1) is 0 Å². The van der Waals surface area contributed by atoms with Crippen LogP contribution in [0.4, 0.5) is 0 Å². The van der Waals surface area contributed by atoms with E-state index in [1.54, 1.807) is 7.11 Å². The minimum Gasteiger partial charge on any atom is -0.497 e. The van der Waals surface area contributed by atoms with Gasteiger partial charge in [-0.1, -0.05) is 12.1 Å². The number of hydrogen-bond donors (Lipinski definition) is 1. The highest BCUT2D eigenvalue weighted by molar-refractivity contribution is 7.15. The summed E-state index contributed by atoms with van der Waals surface area (Å²) in [6.45, 7) is 0.559. The lowest BCUT2D eigenvalue weighted by molar-refractivity contribution is 0.0689. The Balaban J connectivity index is 2.44. The summed E-state index contributed by atoms with van der Waals surface area (Å²) in [6.07, 6.45) is 0. The number of carboxylic acid groups (broad SMARTS) is 1. The molecule has 1 aromatic carbocycles. The van der Waals surface area contributed by atoms with Gasteiger partial charge in [0.1, 0.15) is 10.8 Å². The highest BCUT2D eigenvalue weighted by Gasteiger charge is 2.18. The van der Waals surface area contributed by atoms with Gasteiger partial charge in [0.2, 0.25) is 0 Å². The van der Waals surface area contributed by atoms with Crippen molar-refractivity contribution < 1.29 is 14.6 Å². The molecular weight excluding hydrogens is 276 g/mol. The Bertz CT molecular complexity index is 623. The number of carbonyl (C=O) groups is 1. The summed E-state index contributed by atoms with van der Waals surface area (Å²) in [5.74, 6) is -0.268. The Morgan fingerprint density at radius 3 is 2.80 bits per heavy atom. The van der Waals surface area contributed by atoms with Gasteiger partial charge in [-0.15, -0.1) is 11.3 Å². The quantitative estimate of drug-likeness (QED) is 0.917. The number of thiazole rings is 1. The van der Waals surface area contributed by atoms with E-state index in [1.165, 1.54) is 11.3 Å². The maximum atomic E-state index is 11.3. The van der Waals surface area contributed by atoms with E-state index in [0.717, 1.165) is 16.2 Å². The van der Waals surface area contributed by atoms with E-state index in [9.17, 15) is 9.90 Å². The van der Waals surface area contributed by atoms with Gasteiger partial charge in [-0.3, -0.25) is 0 Å². The first kappa shape index (κ1) is 14.5. The summed E-state index contributed by atoms with van der Waals surface area (Å²) in [6, 6.07) is 7.45. The summed E-state index contributed by atoms with van der Waals surface area (Å²) >= 11 is 1.40. The molecule has 5 nitrogen and oxygen atoms in total. The lowest BCUT2D eigenvalue weighted by Gasteiger charge is -2.06. The van der Waals surface area contributed by atoms with E-state index in [4.69, 9.17) is 4.74 Å². The Hall–Kier alpha value is -1.92. The molecule has 1 N–H and O–H groups in total. The molecule has 0 amide bonds. The largest absolute Gasteiger partial charge is 0.497 e. The van der Waals surface area contributed by atoms with Crippen LogP contribution in [0.25, 0.3) is 10.6 Å². The number of aromatic carboxylic acids is 1. The molecule has 0 saturated heterocycles. The van der Waals surface area contributed by atoms with Crippen molar-refractivity contribution in [1.29, 1.82) is 0 Å². The van der Waals surface area contributed by atoms with Crippen LogP contribution in [-0.2, 0) is 6.54 Å². The van der Waals surface area contributed by atoms with E-state index in [1.807, 2.05) is 43.3 Å². The van der Waals surface area contributed by atoms with Crippen LogP contribution in [-0.4, -0.2) is 42.2 Å². The van der Waals surface area contributed by atoms with E-state index in [2.05, 4.69) is 4.98 Å². The third-order valence-electron chi connectivity index (χ3n) is 2.68. The Labute approximate surface area is 121 Å². The van der Waals surface area contributed by atoms with Crippen molar-refractivity contribution in [3.63, 3.8) is 0 Å². The van der Waals surface area contributed by atoms with E-state index in [0.29, 0.717) is 11.6 Å². The van der Waals surface area contributed by atoms with Gasteiger partial charge in [0, 0.05) is 12.1 Å². The number of methoxy groups -OCH3 is 1. The predicted octanol–water partition coefficient (Wildman–Crippen LogP) is 2.58. The van der Waals surface area contributed by atoms with Gasteiger partial charge in [-0.25, -0.2) is 9.78 Å². The number of ether oxygens (including phenoxy) is 1. The minimum atomic E-state index is -0.993. The summed E-state index contributed by atoms with van der Waals surface area (Å²) in [5, 5.41) is 9.93. The van der Waals surface area contributed by atoms with Gasteiger partial charge in [-0.05, 0) is 26.2 Å². The molecule has 6 heteroatoms. The number of rotatable bonds is 5. The van der Waals surface area contributed by atoms with Gasteiger partial charge in [0.05, 0.1) is 12.0 Å². The molecule has 2 aromatic rings. The monoisotopic (exact) mass is 292 g/mol. The van der Waals surface area contributed by atoms with Crippen LogP contribution in [0.1, 0.15) is 15.4 Å². The fourth-order valence-corrected chi connectivity index (χ4v) is 2.96. The van der Waals surface area contributed by atoms with Crippen molar-refractivity contribution in [2.75, 3.05) is 21.2 Å². The SMILES string of the molecule is COc1cccc(-c2nc(C(=O)O)c(CN(C)C)s2)c1. The Morgan fingerprint density at radius 2 is 2.20 bits per heavy atom. The maximum absolute atomic E-state index is 11.3. The molecule has 0 aliphatic heterocycles. The third-order valence-corrected chi connectivity index (χ3v) is 3.77. The summed E-state index contributed by atoms with van der Waals surface area (Å²) in [4.78, 5) is 18.2. The molecule has 106 valence electrons. The molecule has 0 aliphatic carbocycles. The van der Waals surface area contributed by atoms with E-state index in [-0.39, 0.29) is 5.69 Å². The van der Waals surface area contributed by atoms with Crippen LogP contribution < -0.4 is 4.74 Å². The molecule has 0 fully saturated rings. The molecule has 0 radical (unpaired) electrons. The average molecular weight is 292 g/mol. The maximum Gasteiger partial charge on any atom is 0.355 e. The van der Waals surface area contributed by atoms with Crippen LogP contribution in [0.5, 0.6) is 5.75 Å². The zero-order valence-electron chi connectivity index (χ0n) is 11.6. The Morgan fingerprint density at radius 1 is 1.45 bits per heavy atom. The summed E-state index contributed by atoms with van der Waals surface area (Å²) in [7, 11) is 5.40. The molecule has 0 saturated carbocycles. The first-order valence-corrected chi connectivity index (χ1v) is 6.85. The molecule has 1 heterocycles. The third kappa shape index (κ3) is 3.15. The van der Waals surface area contributed by atoms with Crippen LogP contribution >= 0.6 is 11.3 Å². The van der Waals surface area contributed by atoms with E-state index < -0.39 is 5.97 Å². The lowest BCUT2D eigenvalue weighted by atomic mass is 10.2. The van der Waals surface area contributed by atoms with Crippen molar-refractivity contribution in [2.24, 2.45) is 0 Å². The molecular formula is C14H16N2O3S. The molecule has 0 aliphatic rings. The summed E-state index contributed by atoms with van der Waals surface area (Å²) < 4.78 is 5.18. The second kappa shape index (κ2) is 6.02. The average Bonchev–Trinajstić information content (AvgIpc) is 2.82. The summed E-state index contributed by atoms with van der Waals surface area (Å²) in [5.41, 5.74) is 0.989. The van der Waals surface area contributed by atoms with E-state index >= 15 is 0 Å². The fourth-order valence-electron chi connectivity index (χ4n) is 1.79. The smallest absolute Gasteiger partial charge is 0.355 e. The second-order valence-electron chi connectivity index (χ2n) is 4.57. The van der Waals surface area contributed by atoms with Gasteiger partial charge in [-0.2, -0.15) is 0 Å². The zero-order valence-corrected chi connectivity index (χ0v) is 12.4. The number of nitrogens with zero attached hydrogens (tertiary/aromatic N) is 2. The topological polar surface area (TPSA) is 62.7 Å². The first-order valence-electron chi connectivity index (χ1n) is 6.03. The molecule has 20 heavy (non-hydrogen) atoms. The second-order valence-corrected chi connectivity index (χ2v) is 5.65. The normalized spacial score (nSPS) is 10.8. The Kier molecular flexibility index (Phi) is 4.36. The highest BCUT2D eigenvalue weighted by atomic mass is 32.1. The van der Waals surface area contributed by atoms with Crippen molar-refractivity contribution in [2.45, 2.75) is 6.54 Å². The molecule has 0 unspecified atom stereocenters. The fraction of sp³-hybridized carbons (Fsp3) is 0.286. The standard InChI is InChI=1S/C14H16N2O3S/c1-16(2)8-11-12(14(17)18)15-13(20-11)9-5-4-6-10(7-9)19-3/h4-7H,8H2,1-3H3,(H,17,18). The van der Waals surface area contributed by atoms with Crippen molar-refractivity contribution >= 4 is 17.3 Å². The van der Waals surface area contributed by atoms with Crippen LogP contribution in [0.3, 0.4) is 0 Å². The van der Waals surface area contributed by atoms with Crippen molar-refractivity contribution in [1.82, 2.24) is 9.88 Å². The van der Waals surface area contributed by atoms with Gasteiger partial charge < -0.3 is 14.7 Å². The number of hydrogen-bond acceptors (Lipinski definition) is 5. The van der Waals surface area contributed by atoms with Gasteiger partial charge in [0.15, 0.2) is 5.69 Å². The first-order chi connectivity index (χ1) is 9.51. The van der Waals surface area contributed by atoms with Gasteiger partial charge >= 0.3 is 5.97 Å². The van der Waals surface area contributed by atoms with Crippen molar-refractivity contribution in [3.05, 3.63) is 34.8 Å². The highest BCUT2D eigenvalue weighted by Crippen LogP contribution is 2.30. The minimum absolute atomic E-state index is 0.126. The van der Waals surface area contributed by atoms with Crippen molar-refractivity contribution in [3.8, 4) is 16.3 Å².